The Hall–Kier alpha value is -1.25. The predicted octanol–water partition coefficient (Wildman–Crippen LogP) is 0.619. The first-order chi connectivity index (χ1) is 9.01. The van der Waals surface area contributed by atoms with Crippen molar-refractivity contribution in [3.05, 3.63) is 12.4 Å². The molecule has 0 aliphatic heterocycles. The van der Waals surface area contributed by atoms with Gasteiger partial charge in [-0.3, -0.25) is 5.43 Å². The number of hydrogen-bond acceptors (Lipinski definition) is 6. The molecule has 0 amide bonds. The second-order valence-electron chi connectivity index (χ2n) is 4.96. The number of hydrazine groups is 1. The quantitative estimate of drug-likeness (QED) is 0.552. The summed E-state index contributed by atoms with van der Waals surface area (Å²) in [5, 5.41) is 0. The fourth-order valence-electron chi connectivity index (χ4n) is 2.19. The maximum absolute atomic E-state index is 12.1. The molecule has 0 atom stereocenters. The van der Waals surface area contributed by atoms with Gasteiger partial charge in [-0.15, -0.1) is 0 Å². The van der Waals surface area contributed by atoms with Gasteiger partial charge in [-0.25, -0.2) is 29.0 Å². The van der Waals surface area contributed by atoms with Crippen molar-refractivity contribution >= 4 is 16.0 Å². The summed E-state index contributed by atoms with van der Waals surface area (Å²) in [4.78, 5) is 7.66. The lowest BCUT2D eigenvalue weighted by atomic mass is 9.88. The maximum Gasteiger partial charge on any atom is 0.243 e. The number of aromatic nitrogens is 2. The molecule has 0 radical (unpaired) electrons. The van der Waals surface area contributed by atoms with Crippen molar-refractivity contribution in [3.8, 4) is 0 Å². The van der Waals surface area contributed by atoms with Crippen LogP contribution in [0.15, 0.2) is 17.3 Å². The Morgan fingerprint density at radius 1 is 1.21 bits per heavy atom. The lowest BCUT2D eigenvalue weighted by Gasteiger charge is -2.26. The van der Waals surface area contributed by atoms with Crippen LogP contribution < -0.4 is 16.0 Å². The Morgan fingerprint density at radius 3 is 2.32 bits per heavy atom. The SMILES string of the molecule is CC1CCC(NS(=O)(=O)c2cnc(NN)nc2)CC1. The second-order valence-corrected chi connectivity index (χ2v) is 6.68. The summed E-state index contributed by atoms with van der Waals surface area (Å²) in [7, 11) is -3.55. The van der Waals surface area contributed by atoms with E-state index in [4.69, 9.17) is 5.84 Å². The highest BCUT2D eigenvalue weighted by Gasteiger charge is 2.24. The molecule has 0 bridgehead atoms. The zero-order valence-electron chi connectivity index (χ0n) is 10.8. The van der Waals surface area contributed by atoms with E-state index >= 15 is 0 Å². The Labute approximate surface area is 113 Å². The van der Waals surface area contributed by atoms with E-state index < -0.39 is 10.0 Å². The minimum atomic E-state index is -3.55. The monoisotopic (exact) mass is 285 g/mol. The standard InChI is InChI=1S/C11H19N5O2S/c1-8-2-4-9(5-3-8)16-19(17,18)10-6-13-11(15-12)14-7-10/h6-9,16H,2-5,12H2,1H3,(H,13,14,15). The molecule has 1 heterocycles. The van der Waals surface area contributed by atoms with E-state index in [1.54, 1.807) is 0 Å². The van der Waals surface area contributed by atoms with Crippen LogP contribution in [0.2, 0.25) is 0 Å². The van der Waals surface area contributed by atoms with Crippen LogP contribution in [0, 0.1) is 5.92 Å². The van der Waals surface area contributed by atoms with E-state index in [2.05, 4.69) is 27.0 Å². The number of nitrogens with zero attached hydrogens (tertiary/aromatic N) is 2. The molecule has 4 N–H and O–H groups in total. The first kappa shape index (κ1) is 14.2. The summed E-state index contributed by atoms with van der Waals surface area (Å²) in [6.07, 6.45) is 6.36. The van der Waals surface area contributed by atoms with Crippen molar-refractivity contribution in [2.24, 2.45) is 11.8 Å². The van der Waals surface area contributed by atoms with Crippen molar-refractivity contribution in [1.29, 1.82) is 0 Å². The summed E-state index contributed by atoms with van der Waals surface area (Å²) in [5.74, 6) is 6.00. The zero-order chi connectivity index (χ0) is 13.9. The van der Waals surface area contributed by atoms with Crippen LogP contribution in [-0.2, 0) is 10.0 Å². The summed E-state index contributed by atoms with van der Waals surface area (Å²) < 4.78 is 27.0. The fraction of sp³-hybridized carbons (Fsp3) is 0.636. The van der Waals surface area contributed by atoms with Gasteiger partial charge in [0.05, 0.1) is 12.4 Å². The number of rotatable bonds is 4. The molecule has 1 saturated carbocycles. The number of nitrogens with one attached hydrogen (secondary N) is 2. The lowest BCUT2D eigenvalue weighted by Crippen LogP contribution is -2.37. The third kappa shape index (κ3) is 3.62. The number of nitrogens with two attached hydrogens (primary N) is 1. The van der Waals surface area contributed by atoms with E-state index in [1.807, 2.05) is 0 Å². The molecule has 0 spiro atoms. The number of hydrogen-bond donors (Lipinski definition) is 3. The summed E-state index contributed by atoms with van der Waals surface area (Å²) in [5.41, 5.74) is 2.25. The number of anilines is 1. The van der Waals surface area contributed by atoms with Gasteiger partial charge in [-0.05, 0) is 31.6 Å². The molecular formula is C11H19N5O2S. The van der Waals surface area contributed by atoms with Crippen molar-refractivity contribution in [2.45, 2.75) is 43.5 Å². The van der Waals surface area contributed by atoms with Crippen LogP contribution in [0.25, 0.3) is 0 Å². The van der Waals surface area contributed by atoms with Crippen molar-refractivity contribution in [2.75, 3.05) is 5.43 Å². The first-order valence-electron chi connectivity index (χ1n) is 6.32. The van der Waals surface area contributed by atoms with Gasteiger partial charge in [0.1, 0.15) is 4.90 Å². The predicted molar refractivity (Wildman–Crippen MR) is 71.6 cm³/mol. The highest BCUT2D eigenvalue weighted by Crippen LogP contribution is 2.24. The van der Waals surface area contributed by atoms with Gasteiger partial charge in [0.15, 0.2) is 0 Å². The Balaban J connectivity index is 2.05. The van der Waals surface area contributed by atoms with E-state index in [-0.39, 0.29) is 16.9 Å². The molecule has 1 aromatic heterocycles. The average molecular weight is 285 g/mol. The van der Waals surface area contributed by atoms with Crippen LogP contribution in [0.1, 0.15) is 32.6 Å². The van der Waals surface area contributed by atoms with Gasteiger partial charge in [0.25, 0.3) is 0 Å². The highest BCUT2D eigenvalue weighted by molar-refractivity contribution is 7.89. The molecule has 19 heavy (non-hydrogen) atoms. The van der Waals surface area contributed by atoms with E-state index in [0.717, 1.165) is 25.7 Å². The molecule has 1 aliphatic rings. The third-order valence-electron chi connectivity index (χ3n) is 3.41. The normalized spacial score (nSPS) is 24.1. The van der Waals surface area contributed by atoms with Crippen molar-refractivity contribution in [3.63, 3.8) is 0 Å². The van der Waals surface area contributed by atoms with Gasteiger partial charge in [-0.2, -0.15) is 0 Å². The molecule has 0 saturated heterocycles. The van der Waals surface area contributed by atoms with E-state index in [9.17, 15) is 8.42 Å². The van der Waals surface area contributed by atoms with Crippen LogP contribution in [-0.4, -0.2) is 24.4 Å². The Kier molecular flexibility index (Phi) is 4.33. The number of sulfonamides is 1. The first-order valence-corrected chi connectivity index (χ1v) is 7.80. The second kappa shape index (κ2) is 5.81. The summed E-state index contributed by atoms with van der Waals surface area (Å²) in [6.45, 7) is 2.19. The van der Waals surface area contributed by atoms with Crippen LogP contribution in [0.4, 0.5) is 5.95 Å². The minimum Gasteiger partial charge on any atom is -0.292 e. The van der Waals surface area contributed by atoms with E-state index in [0.29, 0.717) is 5.92 Å². The van der Waals surface area contributed by atoms with Gasteiger partial charge >= 0.3 is 0 Å². The minimum absolute atomic E-state index is 0.00788. The Bertz CT molecular complexity index is 508. The molecule has 2 rings (SSSR count). The van der Waals surface area contributed by atoms with E-state index in [1.165, 1.54) is 12.4 Å². The molecular weight excluding hydrogens is 266 g/mol. The molecule has 1 fully saturated rings. The lowest BCUT2D eigenvalue weighted by molar-refractivity contribution is 0.332. The molecule has 1 aliphatic carbocycles. The molecule has 1 aromatic rings. The Morgan fingerprint density at radius 2 is 1.79 bits per heavy atom. The van der Waals surface area contributed by atoms with Crippen molar-refractivity contribution in [1.82, 2.24) is 14.7 Å². The van der Waals surface area contributed by atoms with Crippen LogP contribution >= 0.6 is 0 Å². The van der Waals surface area contributed by atoms with Gasteiger partial charge in [0, 0.05) is 6.04 Å². The largest absolute Gasteiger partial charge is 0.292 e. The molecule has 7 nitrogen and oxygen atoms in total. The van der Waals surface area contributed by atoms with Gasteiger partial charge in [-0.1, -0.05) is 6.92 Å². The summed E-state index contributed by atoms with van der Waals surface area (Å²) in [6, 6.07) is 0.00788. The highest BCUT2D eigenvalue weighted by atomic mass is 32.2. The fourth-order valence-corrected chi connectivity index (χ4v) is 3.39. The maximum atomic E-state index is 12.1. The number of nitrogen functional groups attached to an aromatic ring is 1. The summed E-state index contributed by atoms with van der Waals surface area (Å²) >= 11 is 0. The molecule has 0 unspecified atom stereocenters. The topological polar surface area (TPSA) is 110 Å². The zero-order valence-corrected chi connectivity index (χ0v) is 11.7. The molecule has 0 aromatic carbocycles. The average Bonchev–Trinajstić information content (AvgIpc) is 2.41. The van der Waals surface area contributed by atoms with Gasteiger partial charge < -0.3 is 0 Å². The van der Waals surface area contributed by atoms with Crippen molar-refractivity contribution < 1.29 is 8.42 Å². The third-order valence-corrected chi connectivity index (χ3v) is 4.88. The smallest absolute Gasteiger partial charge is 0.243 e. The molecule has 106 valence electrons. The molecule has 8 heteroatoms. The van der Waals surface area contributed by atoms with Crippen LogP contribution in [0.3, 0.4) is 0 Å². The van der Waals surface area contributed by atoms with Crippen LogP contribution in [0.5, 0.6) is 0 Å². The van der Waals surface area contributed by atoms with Gasteiger partial charge in [0.2, 0.25) is 16.0 Å².